The maximum Gasteiger partial charge on any atom is 0.354 e. The molecule has 2 aliphatic heterocycles. The lowest BCUT2D eigenvalue weighted by atomic mass is 9.82. The first-order valence-corrected chi connectivity index (χ1v) is 12.6. The van der Waals surface area contributed by atoms with Crippen LogP contribution in [0.25, 0.3) is 16.7 Å². The van der Waals surface area contributed by atoms with E-state index in [0.717, 1.165) is 88.3 Å². The number of carbonyl (C=O) groups is 1. The second-order valence-electron chi connectivity index (χ2n) is 9.80. The summed E-state index contributed by atoms with van der Waals surface area (Å²) in [5.74, 6) is -1.05. The molecule has 0 spiro atoms. The number of carboxylic acids is 1. The fourth-order valence-corrected chi connectivity index (χ4v) is 5.63. The Bertz CT molecular complexity index is 1230. The Hall–Kier alpha value is -3.04. The van der Waals surface area contributed by atoms with E-state index in [0.29, 0.717) is 23.3 Å². The normalized spacial score (nSPS) is 20.3. The molecule has 1 N–H and O–H groups in total. The number of rotatable bonds is 5. The van der Waals surface area contributed by atoms with Crippen LogP contribution >= 0.6 is 0 Å². The van der Waals surface area contributed by atoms with Crippen molar-refractivity contribution in [1.29, 1.82) is 0 Å². The van der Waals surface area contributed by atoms with E-state index < -0.39 is 5.97 Å². The molecule has 0 atom stereocenters. The van der Waals surface area contributed by atoms with Gasteiger partial charge in [0.05, 0.1) is 35.7 Å². The van der Waals surface area contributed by atoms with Gasteiger partial charge in [0.2, 0.25) is 0 Å². The summed E-state index contributed by atoms with van der Waals surface area (Å²) in [5, 5.41) is 15.8. The molecule has 8 nitrogen and oxygen atoms in total. The number of carboxylic acid groups (broad SMARTS) is 1. The Kier molecular flexibility index (Phi) is 5.89. The van der Waals surface area contributed by atoms with Crippen LogP contribution < -0.4 is 4.90 Å². The highest BCUT2D eigenvalue weighted by Crippen LogP contribution is 2.43. The molecule has 1 saturated carbocycles. The van der Waals surface area contributed by atoms with E-state index in [1.165, 1.54) is 12.1 Å². The van der Waals surface area contributed by atoms with Crippen LogP contribution in [0, 0.1) is 5.82 Å². The number of fused-ring (bicyclic) bond motifs is 1. The van der Waals surface area contributed by atoms with Gasteiger partial charge in [0.1, 0.15) is 5.82 Å². The van der Waals surface area contributed by atoms with Gasteiger partial charge in [-0.3, -0.25) is 4.90 Å². The van der Waals surface area contributed by atoms with Crippen molar-refractivity contribution in [2.75, 3.05) is 44.3 Å². The van der Waals surface area contributed by atoms with Crippen molar-refractivity contribution in [2.45, 2.75) is 44.1 Å². The number of aromatic carboxylic acids is 1. The molecule has 4 heterocycles. The van der Waals surface area contributed by atoms with Crippen LogP contribution in [0.4, 0.5) is 10.1 Å². The highest BCUT2D eigenvalue weighted by Gasteiger charge is 2.32. The number of hydrogen-bond acceptors (Lipinski definition) is 6. The summed E-state index contributed by atoms with van der Waals surface area (Å²) in [6.07, 6.45) is 5.34. The zero-order valence-electron chi connectivity index (χ0n) is 19.7. The number of ether oxygens (including phenoxy) is 1. The minimum Gasteiger partial charge on any atom is -0.477 e. The lowest BCUT2D eigenvalue weighted by molar-refractivity contribution is 0.0115. The summed E-state index contributed by atoms with van der Waals surface area (Å²) in [6.45, 7) is 5.24. The molecule has 35 heavy (non-hydrogen) atoms. The third-order valence-electron chi connectivity index (χ3n) is 7.79. The molecule has 2 saturated heterocycles. The van der Waals surface area contributed by atoms with E-state index in [1.54, 1.807) is 22.9 Å². The van der Waals surface area contributed by atoms with Gasteiger partial charge < -0.3 is 14.7 Å². The number of aromatic nitrogens is 3. The molecule has 184 valence electrons. The molecular formula is C26H30FN5O3. The van der Waals surface area contributed by atoms with Crippen molar-refractivity contribution in [2.24, 2.45) is 0 Å². The van der Waals surface area contributed by atoms with Crippen LogP contribution in [0.2, 0.25) is 0 Å². The van der Waals surface area contributed by atoms with Crippen molar-refractivity contribution in [3.63, 3.8) is 0 Å². The predicted octanol–water partition coefficient (Wildman–Crippen LogP) is 3.83. The first-order chi connectivity index (χ1) is 17.1. The molecule has 2 aromatic heterocycles. The number of halogens is 1. The fourth-order valence-electron chi connectivity index (χ4n) is 5.63. The maximum atomic E-state index is 13.6. The SMILES string of the molecule is O=C(O)c1cc(N2CCC(N3CCOCC3)CC2)c2c(C3CCC3)nn(-c3ccc(F)cc3)c2n1. The number of anilines is 1. The lowest BCUT2D eigenvalue weighted by Gasteiger charge is -2.41. The van der Waals surface area contributed by atoms with E-state index in [2.05, 4.69) is 14.8 Å². The van der Waals surface area contributed by atoms with Crippen LogP contribution in [0.15, 0.2) is 30.3 Å². The Balaban J connectivity index is 1.42. The first kappa shape index (κ1) is 22.4. The van der Waals surface area contributed by atoms with Gasteiger partial charge in [-0.2, -0.15) is 5.10 Å². The molecule has 1 aromatic carbocycles. The van der Waals surface area contributed by atoms with E-state index in [1.807, 2.05) is 0 Å². The van der Waals surface area contributed by atoms with Gasteiger partial charge in [0, 0.05) is 38.1 Å². The average molecular weight is 480 g/mol. The minimum atomic E-state index is -1.06. The van der Waals surface area contributed by atoms with Crippen LogP contribution in [0.5, 0.6) is 0 Å². The van der Waals surface area contributed by atoms with Crippen LogP contribution in [-0.2, 0) is 4.74 Å². The zero-order valence-corrected chi connectivity index (χ0v) is 19.7. The lowest BCUT2D eigenvalue weighted by Crippen LogP contribution is -2.49. The number of benzene rings is 1. The van der Waals surface area contributed by atoms with Crippen LogP contribution in [0.3, 0.4) is 0 Å². The number of nitrogens with zero attached hydrogens (tertiary/aromatic N) is 5. The molecular weight excluding hydrogens is 449 g/mol. The van der Waals surface area contributed by atoms with Crippen molar-refractivity contribution < 1.29 is 19.0 Å². The summed E-state index contributed by atoms with van der Waals surface area (Å²) < 4.78 is 20.8. The average Bonchev–Trinajstić information content (AvgIpc) is 3.22. The third-order valence-corrected chi connectivity index (χ3v) is 7.79. The Morgan fingerprint density at radius 1 is 1.03 bits per heavy atom. The number of piperidine rings is 1. The van der Waals surface area contributed by atoms with Gasteiger partial charge in [-0.25, -0.2) is 18.9 Å². The number of morpholine rings is 1. The van der Waals surface area contributed by atoms with Crippen molar-refractivity contribution >= 4 is 22.7 Å². The molecule has 3 aromatic rings. The zero-order chi connectivity index (χ0) is 23.9. The second kappa shape index (κ2) is 9.20. The molecule has 3 fully saturated rings. The highest BCUT2D eigenvalue weighted by atomic mass is 19.1. The fraction of sp³-hybridized carbons (Fsp3) is 0.500. The molecule has 6 rings (SSSR count). The molecule has 0 amide bonds. The van der Waals surface area contributed by atoms with Gasteiger partial charge in [-0.15, -0.1) is 0 Å². The number of pyridine rings is 1. The first-order valence-electron chi connectivity index (χ1n) is 12.6. The summed E-state index contributed by atoms with van der Waals surface area (Å²) in [7, 11) is 0. The summed E-state index contributed by atoms with van der Waals surface area (Å²) in [5.41, 5.74) is 3.09. The standard InChI is InChI=1S/C26H30FN5O3/c27-18-4-6-20(7-5-18)32-25-23(24(29-32)17-2-1-3-17)22(16-21(28-25)26(33)34)31-10-8-19(9-11-31)30-12-14-35-15-13-30/h4-7,16-17,19H,1-3,8-15H2,(H,33,34). The Labute approximate surface area is 203 Å². The highest BCUT2D eigenvalue weighted by molar-refractivity contribution is 5.98. The van der Waals surface area contributed by atoms with Gasteiger partial charge in [0.15, 0.2) is 11.3 Å². The van der Waals surface area contributed by atoms with Gasteiger partial charge >= 0.3 is 5.97 Å². The summed E-state index contributed by atoms with van der Waals surface area (Å²) >= 11 is 0. The maximum absolute atomic E-state index is 13.6. The van der Waals surface area contributed by atoms with E-state index >= 15 is 0 Å². The molecule has 0 unspecified atom stereocenters. The van der Waals surface area contributed by atoms with E-state index in [-0.39, 0.29) is 11.5 Å². The van der Waals surface area contributed by atoms with Crippen molar-refractivity contribution in [3.05, 3.63) is 47.5 Å². The van der Waals surface area contributed by atoms with E-state index in [4.69, 9.17) is 9.84 Å². The molecule has 0 bridgehead atoms. The Morgan fingerprint density at radius 3 is 2.37 bits per heavy atom. The largest absolute Gasteiger partial charge is 0.477 e. The third kappa shape index (κ3) is 4.16. The number of hydrogen-bond donors (Lipinski definition) is 1. The molecule has 3 aliphatic rings. The van der Waals surface area contributed by atoms with Crippen molar-refractivity contribution in [1.82, 2.24) is 19.7 Å². The summed E-state index contributed by atoms with van der Waals surface area (Å²) in [6, 6.07) is 8.36. The second-order valence-corrected chi connectivity index (χ2v) is 9.80. The molecule has 0 radical (unpaired) electrons. The molecule has 1 aliphatic carbocycles. The monoisotopic (exact) mass is 479 g/mol. The minimum absolute atomic E-state index is 0.00576. The Morgan fingerprint density at radius 2 is 1.74 bits per heavy atom. The van der Waals surface area contributed by atoms with Gasteiger partial charge in [0.25, 0.3) is 0 Å². The predicted molar refractivity (Wildman–Crippen MR) is 130 cm³/mol. The quantitative estimate of drug-likeness (QED) is 0.596. The molecule has 9 heteroatoms. The van der Waals surface area contributed by atoms with Crippen molar-refractivity contribution in [3.8, 4) is 5.69 Å². The van der Waals surface area contributed by atoms with Gasteiger partial charge in [-0.05, 0) is 56.0 Å². The smallest absolute Gasteiger partial charge is 0.354 e. The van der Waals surface area contributed by atoms with Crippen LogP contribution in [0.1, 0.15) is 54.2 Å². The van der Waals surface area contributed by atoms with E-state index in [9.17, 15) is 14.3 Å². The topological polar surface area (TPSA) is 83.7 Å². The summed E-state index contributed by atoms with van der Waals surface area (Å²) in [4.78, 5) is 21.4. The van der Waals surface area contributed by atoms with Crippen LogP contribution in [-0.4, -0.2) is 76.2 Å². The van der Waals surface area contributed by atoms with Gasteiger partial charge in [-0.1, -0.05) is 6.42 Å².